The molecule has 2 bridgehead atoms. The van der Waals surface area contributed by atoms with E-state index in [1.165, 1.54) is 21.6 Å². The topological polar surface area (TPSA) is 302 Å². The van der Waals surface area contributed by atoms with Crippen molar-refractivity contribution in [3.63, 3.8) is 0 Å². The van der Waals surface area contributed by atoms with Crippen LogP contribution in [0.3, 0.4) is 0 Å². The summed E-state index contributed by atoms with van der Waals surface area (Å²) < 4.78 is 5.75. The van der Waals surface area contributed by atoms with Gasteiger partial charge in [-0.05, 0) is 30.8 Å². The van der Waals surface area contributed by atoms with Crippen LogP contribution >= 0.6 is 33.3 Å². The fourth-order valence-electron chi connectivity index (χ4n) is 5.19. The fourth-order valence-corrected chi connectivity index (χ4v) is 8.46. The number of hydrogen-bond acceptors (Lipinski definition) is 14. The Kier molecular flexibility index (Phi) is 20.5. The zero-order valence-electron chi connectivity index (χ0n) is 31.9. The Morgan fingerprint density at radius 1 is 0.911 bits per heavy atom. The second-order valence-electron chi connectivity index (χ2n) is 13.8. The molecule has 19 nitrogen and oxygen atoms in total. The van der Waals surface area contributed by atoms with Gasteiger partial charge in [-0.15, -0.1) is 0 Å². The monoisotopic (exact) mass is 847 g/mol. The first-order valence-corrected chi connectivity index (χ1v) is 21.5. The van der Waals surface area contributed by atoms with Crippen molar-refractivity contribution < 1.29 is 58.1 Å². The lowest BCUT2D eigenvalue weighted by atomic mass is 10.0. The number of ether oxygens (including phenoxy) is 1. The predicted molar refractivity (Wildman–Crippen MR) is 210 cm³/mol. The largest absolute Gasteiger partial charge is 0.480 e. The van der Waals surface area contributed by atoms with E-state index >= 15 is 0 Å². The van der Waals surface area contributed by atoms with Crippen molar-refractivity contribution in [3.05, 3.63) is 12.2 Å². The van der Waals surface area contributed by atoms with Gasteiger partial charge in [0.25, 0.3) is 0 Å². The minimum absolute atomic E-state index is 0.0722. The highest BCUT2D eigenvalue weighted by Gasteiger charge is 2.38. The molecule has 2 rings (SSSR count). The van der Waals surface area contributed by atoms with Crippen molar-refractivity contribution in [2.24, 2.45) is 17.6 Å². The summed E-state index contributed by atoms with van der Waals surface area (Å²) in [7, 11) is 2.73. The van der Waals surface area contributed by atoms with E-state index in [4.69, 9.17) is 20.7 Å². The average molecular weight is 848 g/mol. The number of amides is 6. The van der Waals surface area contributed by atoms with E-state index in [-0.39, 0.29) is 30.8 Å². The fraction of sp³-hybridized carbons (Fsp3) is 0.676. The third-order valence-electron chi connectivity index (χ3n) is 8.45. The molecule has 10 N–H and O–H groups in total. The second-order valence-corrected chi connectivity index (χ2v) is 17.9. The Bertz CT molecular complexity index is 1480. The van der Waals surface area contributed by atoms with Crippen LogP contribution in [0, 0.1) is 11.8 Å². The molecule has 2 aliphatic heterocycles. The van der Waals surface area contributed by atoms with Crippen LogP contribution in [-0.2, 0) is 47.9 Å². The molecule has 2 heterocycles. The molecule has 0 aromatic heterocycles. The molecule has 0 radical (unpaired) electrons. The van der Waals surface area contributed by atoms with Crippen LogP contribution in [0.4, 0.5) is 0 Å². The highest BCUT2D eigenvalue weighted by atomic mass is 33.1. The van der Waals surface area contributed by atoms with E-state index in [9.17, 15) is 43.2 Å². The molecule has 8 atom stereocenters. The van der Waals surface area contributed by atoms with Crippen LogP contribution in [-0.4, -0.2) is 135 Å². The third-order valence-corrected chi connectivity index (χ3v) is 12.2. The number of thioether (sulfide) groups is 1. The number of allylic oxidation sites excluding steroid dienone is 1. The lowest BCUT2D eigenvalue weighted by Crippen LogP contribution is -2.61. The van der Waals surface area contributed by atoms with Gasteiger partial charge in [-0.2, -0.15) is 11.8 Å². The minimum atomic E-state index is -1.41. The first kappa shape index (κ1) is 48.1. The Balaban J connectivity index is 2.53. The first-order valence-electron chi connectivity index (χ1n) is 18.0. The van der Waals surface area contributed by atoms with Gasteiger partial charge in [0.1, 0.15) is 48.9 Å². The van der Waals surface area contributed by atoms with Gasteiger partial charge in [-0.3, -0.25) is 38.4 Å². The first-order chi connectivity index (χ1) is 26.3. The Labute approximate surface area is 337 Å². The minimum Gasteiger partial charge on any atom is -0.480 e. The summed E-state index contributed by atoms with van der Waals surface area (Å²) in [5.74, 6) is -8.50. The maximum Gasteiger partial charge on any atom is 0.329 e. The Hall–Kier alpha value is -4.02. The van der Waals surface area contributed by atoms with Crippen molar-refractivity contribution in [1.29, 1.82) is 0 Å². The zero-order valence-corrected chi connectivity index (χ0v) is 34.3. The summed E-state index contributed by atoms with van der Waals surface area (Å²) in [5.41, 5.74) is 5.49. The quantitative estimate of drug-likeness (QED) is 0.0569. The summed E-state index contributed by atoms with van der Waals surface area (Å²) in [6, 6.07) is -7.62. The number of carbonyl (C=O) groups excluding carboxylic acids is 7. The van der Waals surface area contributed by atoms with E-state index in [0.717, 1.165) is 11.8 Å². The molecular weight excluding hydrogens is 795 g/mol. The molecule has 0 saturated carbocycles. The smallest absolute Gasteiger partial charge is 0.329 e. The van der Waals surface area contributed by atoms with Gasteiger partial charge >= 0.3 is 17.9 Å². The number of nitrogens with two attached hydrogens (primary N) is 1. The summed E-state index contributed by atoms with van der Waals surface area (Å²) >= 11 is 0.945. The highest BCUT2D eigenvalue weighted by Crippen LogP contribution is 2.25. The van der Waals surface area contributed by atoms with E-state index in [1.54, 1.807) is 46.8 Å². The number of esters is 1. The number of fused-ring (bicyclic) bond motifs is 7. The Morgan fingerprint density at radius 2 is 1.55 bits per heavy atom. The van der Waals surface area contributed by atoms with Gasteiger partial charge in [0.05, 0.1) is 6.42 Å². The van der Waals surface area contributed by atoms with E-state index in [2.05, 4.69) is 31.9 Å². The number of carboxylic acids is 2. The summed E-state index contributed by atoms with van der Waals surface area (Å²) in [6.45, 7) is 7.52. The number of hydrogen-bond donors (Lipinski definition) is 9. The molecular formula is C34H53N7O12S3. The van der Waals surface area contributed by atoms with Crippen molar-refractivity contribution in [2.45, 2.75) is 108 Å². The molecule has 8 unspecified atom stereocenters. The number of carbonyl (C=O) groups is 9. The molecule has 314 valence electrons. The second kappa shape index (κ2) is 23.9. The molecule has 1 fully saturated rings. The van der Waals surface area contributed by atoms with Crippen molar-refractivity contribution in [2.75, 3.05) is 23.8 Å². The lowest BCUT2D eigenvalue weighted by molar-refractivity contribution is -0.153. The third kappa shape index (κ3) is 16.6. The Morgan fingerprint density at radius 3 is 2.18 bits per heavy atom. The van der Waals surface area contributed by atoms with Gasteiger partial charge in [0.2, 0.25) is 35.4 Å². The standard InChI is InChI=1S/C34H53N7O12S3/c1-16(2)26-31(48)38-22-15-56-55-11-7-6-8-19(12-24(43)39-26)53-34(52)27(17(3)4)40-32(49)28(41-30(22)47)18(5)54-14-21(29(46)36-13-25(44)45)37-23(42)10-9-20(35)33(50)51/h6,8,16-22,26-28H,7,9-15,35H2,1-5H3,(H,36,46)(H,37,42)(H,38,48)(H,39,43)(H,40,49)(H,41,47)(H,44,45)(H,50,51). The van der Waals surface area contributed by atoms with Gasteiger partial charge in [-0.1, -0.05) is 62.3 Å². The van der Waals surface area contributed by atoms with Gasteiger partial charge in [0.15, 0.2) is 0 Å². The van der Waals surface area contributed by atoms with Gasteiger partial charge < -0.3 is 52.6 Å². The summed E-state index contributed by atoms with van der Waals surface area (Å²) in [5, 5.41) is 32.6. The highest BCUT2D eigenvalue weighted by molar-refractivity contribution is 8.76. The van der Waals surface area contributed by atoms with Crippen molar-refractivity contribution in [3.8, 4) is 0 Å². The number of rotatable bonds is 14. The van der Waals surface area contributed by atoms with Crippen LogP contribution in [0.5, 0.6) is 0 Å². The summed E-state index contributed by atoms with van der Waals surface area (Å²) in [4.78, 5) is 116. The maximum atomic E-state index is 14.1. The lowest BCUT2D eigenvalue weighted by Gasteiger charge is -2.31. The van der Waals surface area contributed by atoms with Crippen LogP contribution in [0.25, 0.3) is 0 Å². The van der Waals surface area contributed by atoms with Crippen LogP contribution in [0.1, 0.15) is 60.3 Å². The number of nitrogens with one attached hydrogen (secondary N) is 6. The van der Waals surface area contributed by atoms with Crippen LogP contribution in [0.15, 0.2) is 12.2 Å². The molecule has 0 aromatic carbocycles. The van der Waals surface area contributed by atoms with Crippen molar-refractivity contribution in [1.82, 2.24) is 31.9 Å². The van der Waals surface area contributed by atoms with E-state index in [0.29, 0.717) is 12.2 Å². The maximum absolute atomic E-state index is 14.1. The number of carboxylic acid groups (broad SMARTS) is 2. The van der Waals surface area contributed by atoms with Gasteiger partial charge in [-0.25, -0.2) is 4.79 Å². The normalized spacial score (nSPS) is 24.6. The van der Waals surface area contributed by atoms with Crippen LogP contribution < -0.4 is 37.6 Å². The summed E-state index contributed by atoms with van der Waals surface area (Å²) in [6.07, 6.45) is 1.92. The zero-order chi connectivity index (χ0) is 42.1. The molecule has 0 aromatic rings. The SMILES string of the molecule is CC(C)C1NC(=O)CC2C=CCCSSCC(NC1=O)C(=O)NC(C(C)SCC(NC(=O)CCC(N)C(=O)O)C(=O)NCC(=O)O)C(=O)NC(C(C)C)C(=O)O2. The molecule has 56 heavy (non-hydrogen) atoms. The molecule has 2 aliphatic rings. The number of aliphatic carboxylic acids is 2. The van der Waals surface area contributed by atoms with Crippen LogP contribution in [0.2, 0.25) is 0 Å². The molecule has 6 amide bonds. The average Bonchev–Trinajstić information content (AvgIpc) is 3.12. The molecule has 0 spiro atoms. The molecule has 0 aliphatic carbocycles. The van der Waals surface area contributed by atoms with Gasteiger partial charge in [0, 0.05) is 28.9 Å². The molecule has 1 saturated heterocycles. The molecule has 22 heteroatoms. The van der Waals surface area contributed by atoms with E-state index < -0.39 is 119 Å². The predicted octanol–water partition coefficient (Wildman–Crippen LogP) is -1.11. The van der Waals surface area contributed by atoms with Crippen molar-refractivity contribution >= 4 is 86.7 Å². The van der Waals surface area contributed by atoms with E-state index in [1.807, 2.05) is 0 Å².